The number of amides is 2. The van der Waals surface area contributed by atoms with Crippen molar-refractivity contribution >= 4 is 21.8 Å². The minimum atomic E-state index is -3.74. The maximum Gasteiger partial charge on any atom is 0.251 e. The second-order valence-electron chi connectivity index (χ2n) is 6.40. The molecule has 2 amide bonds. The van der Waals surface area contributed by atoms with E-state index in [1.807, 2.05) is 20.8 Å². The third kappa shape index (κ3) is 4.12. The van der Waals surface area contributed by atoms with Crippen LogP contribution in [0.3, 0.4) is 0 Å². The summed E-state index contributed by atoms with van der Waals surface area (Å²) in [5.41, 5.74) is 0.0649. The first-order valence-corrected chi connectivity index (χ1v) is 9.29. The lowest BCUT2D eigenvalue weighted by atomic mass is 10.0. The van der Waals surface area contributed by atoms with Crippen LogP contribution in [0.2, 0.25) is 0 Å². The summed E-state index contributed by atoms with van der Waals surface area (Å²) in [4.78, 5) is 23.7. The first-order chi connectivity index (χ1) is 11.2. The van der Waals surface area contributed by atoms with Crippen LogP contribution in [0.4, 0.5) is 0 Å². The van der Waals surface area contributed by atoms with Crippen molar-refractivity contribution in [1.82, 2.24) is 14.9 Å². The monoisotopic (exact) mass is 353 g/mol. The van der Waals surface area contributed by atoms with Crippen molar-refractivity contribution in [2.24, 2.45) is 0 Å². The maximum absolute atomic E-state index is 12.5. The molecule has 0 unspecified atom stereocenters. The molecule has 2 N–H and O–H groups in total. The van der Waals surface area contributed by atoms with Gasteiger partial charge >= 0.3 is 0 Å². The highest BCUT2D eigenvalue weighted by molar-refractivity contribution is 7.89. The molecule has 1 aliphatic rings. The van der Waals surface area contributed by atoms with E-state index in [9.17, 15) is 18.0 Å². The van der Waals surface area contributed by atoms with Gasteiger partial charge in [-0.25, -0.2) is 8.42 Å². The Labute approximate surface area is 142 Å². The summed E-state index contributed by atoms with van der Waals surface area (Å²) < 4.78 is 26.2. The van der Waals surface area contributed by atoms with Gasteiger partial charge in [0.1, 0.15) is 0 Å². The summed E-state index contributed by atoms with van der Waals surface area (Å²) >= 11 is 0. The standard InChI is InChI=1S/C16H23N3O4S/c1-4-16(2,3)18-15(21)12-5-7-13(8-6-12)24(22,23)19-10-9-17-14(20)11-19/h5-8H,4,9-11H2,1-3H3,(H,17,20)(H,18,21). The van der Waals surface area contributed by atoms with Gasteiger partial charge in [0.15, 0.2) is 0 Å². The van der Waals surface area contributed by atoms with Crippen molar-refractivity contribution in [3.8, 4) is 0 Å². The largest absolute Gasteiger partial charge is 0.354 e. The van der Waals surface area contributed by atoms with E-state index < -0.39 is 10.0 Å². The highest BCUT2D eigenvalue weighted by Crippen LogP contribution is 2.18. The highest BCUT2D eigenvalue weighted by atomic mass is 32.2. The predicted octanol–water partition coefficient (Wildman–Crippen LogP) is 0.726. The fourth-order valence-electron chi connectivity index (χ4n) is 2.22. The van der Waals surface area contributed by atoms with E-state index in [0.717, 1.165) is 10.7 Å². The first kappa shape index (κ1) is 18.4. The summed E-state index contributed by atoms with van der Waals surface area (Å²) in [5.74, 6) is -0.564. The van der Waals surface area contributed by atoms with Crippen molar-refractivity contribution in [2.45, 2.75) is 37.6 Å². The van der Waals surface area contributed by atoms with E-state index in [4.69, 9.17) is 0 Å². The van der Waals surface area contributed by atoms with Crippen molar-refractivity contribution < 1.29 is 18.0 Å². The third-order valence-corrected chi connectivity index (χ3v) is 5.95. The normalized spacial score (nSPS) is 16.5. The van der Waals surface area contributed by atoms with Gasteiger partial charge in [0, 0.05) is 24.2 Å². The average Bonchev–Trinajstić information content (AvgIpc) is 2.54. The number of sulfonamides is 1. The fourth-order valence-corrected chi connectivity index (χ4v) is 3.61. The lowest BCUT2D eigenvalue weighted by Gasteiger charge is -2.26. The molecule has 1 saturated heterocycles. The van der Waals surface area contributed by atoms with Gasteiger partial charge in [-0.3, -0.25) is 9.59 Å². The van der Waals surface area contributed by atoms with Gasteiger partial charge in [-0.1, -0.05) is 6.92 Å². The van der Waals surface area contributed by atoms with E-state index in [1.54, 1.807) is 0 Å². The molecule has 0 aliphatic carbocycles. The molecule has 0 spiro atoms. The maximum atomic E-state index is 12.5. The SMILES string of the molecule is CCC(C)(C)NC(=O)c1ccc(S(=O)(=O)N2CCNC(=O)C2)cc1. The summed E-state index contributed by atoms with van der Waals surface area (Å²) in [7, 11) is -3.74. The van der Waals surface area contributed by atoms with Crippen molar-refractivity contribution in [2.75, 3.05) is 19.6 Å². The van der Waals surface area contributed by atoms with E-state index in [0.29, 0.717) is 12.1 Å². The van der Waals surface area contributed by atoms with Crippen LogP contribution < -0.4 is 10.6 Å². The van der Waals surface area contributed by atoms with Crippen LogP contribution in [0.1, 0.15) is 37.6 Å². The Bertz CT molecular complexity index is 726. The number of benzene rings is 1. The van der Waals surface area contributed by atoms with E-state index in [1.165, 1.54) is 24.3 Å². The molecular formula is C16H23N3O4S. The van der Waals surface area contributed by atoms with Crippen LogP contribution in [0.25, 0.3) is 0 Å². The number of piperazine rings is 1. The zero-order chi connectivity index (χ0) is 18.0. The molecule has 7 nitrogen and oxygen atoms in total. The highest BCUT2D eigenvalue weighted by Gasteiger charge is 2.29. The van der Waals surface area contributed by atoms with E-state index in [-0.39, 0.29) is 35.3 Å². The van der Waals surface area contributed by atoms with Crippen LogP contribution in [-0.2, 0) is 14.8 Å². The smallest absolute Gasteiger partial charge is 0.251 e. The molecule has 8 heteroatoms. The van der Waals surface area contributed by atoms with Crippen molar-refractivity contribution in [1.29, 1.82) is 0 Å². The van der Waals surface area contributed by atoms with Crippen molar-refractivity contribution in [3.63, 3.8) is 0 Å². The van der Waals surface area contributed by atoms with Crippen LogP contribution in [0, 0.1) is 0 Å². The van der Waals surface area contributed by atoms with Crippen LogP contribution in [0.15, 0.2) is 29.2 Å². The lowest BCUT2D eigenvalue weighted by molar-refractivity contribution is -0.122. The van der Waals surface area contributed by atoms with Gasteiger partial charge in [-0.05, 0) is 44.5 Å². The first-order valence-electron chi connectivity index (χ1n) is 7.85. The van der Waals surface area contributed by atoms with Gasteiger partial charge in [0.05, 0.1) is 11.4 Å². The summed E-state index contributed by atoms with van der Waals surface area (Å²) in [5, 5.41) is 5.49. The molecule has 1 aromatic carbocycles. The predicted molar refractivity (Wildman–Crippen MR) is 90.0 cm³/mol. The average molecular weight is 353 g/mol. The fraction of sp³-hybridized carbons (Fsp3) is 0.500. The van der Waals surface area contributed by atoms with E-state index >= 15 is 0 Å². The molecule has 2 rings (SSSR count). The zero-order valence-electron chi connectivity index (χ0n) is 14.1. The number of carbonyl (C=O) groups is 2. The second kappa shape index (κ2) is 6.90. The Morgan fingerprint density at radius 2 is 1.92 bits per heavy atom. The van der Waals surface area contributed by atoms with Gasteiger partial charge in [-0.15, -0.1) is 0 Å². The molecule has 0 radical (unpaired) electrons. The van der Waals surface area contributed by atoms with Gasteiger partial charge in [0.25, 0.3) is 5.91 Å². The molecule has 1 heterocycles. The van der Waals surface area contributed by atoms with Crippen LogP contribution in [0.5, 0.6) is 0 Å². The van der Waals surface area contributed by atoms with Gasteiger partial charge in [0.2, 0.25) is 15.9 Å². The molecule has 1 fully saturated rings. The Balaban J connectivity index is 2.16. The molecule has 24 heavy (non-hydrogen) atoms. The van der Waals surface area contributed by atoms with Gasteiger partial charge in [-0.2, -0.15) is 4.31 Å². The van der Waals surface area contributed by atoms with E-state index in [2.05, 4.69) is 10.6 Å². The summed E-state index contributed by atoms with van der Waals surface area (Å²) in [6, 6.07) is 5.77. The number of hydrogen-bond donors (Lipinski definition) is 2. The molecule has 0 aromatic heterocycles. The molecular weight excluding hydrogens is 330 g/mol. The summed E-state index contributed by atoms with van der Waals surface area (Å²) in [6.45, 7) is 6.17. The minimum Gasteiger partial charge on any atom is -0.354 e. The zero-order valence-corrected chi connectivity index (χ0v) is 14.9. The molecule has 0 atom stereocenters. The third-order valence-electron chi connectivity index (χ3n) is 4.09. The quantitative estimate of drug-likeness (QED) is 0.815. The number of rotatable bonds is 5. The Kier molecular flexibility index (Phi) is 5.29. The van der Waals surface area contributed by atoms with Crippen LogP contribution >= 0.6 is 0 Å². The Hall–Kier alpha value is -1.93. The molecule has 132 valence electrons. The minimum absolute atomic E-state index is 0.0727. The Morgan fingerprint density at radius 1 is 1.29 bits per heavy atom. The van der Waals surface area contributed by atoms with Crippen molar-refractivity contribution in [3.05, 3.63) is 29.8 Å². The van der Waals surface area contributed by atoms with Gasteiger partial charge < -0.3 is 10.6 Å². The molecule has 0 bridgehead atoms. The molecule has 1 aliphatic heterocycles. The lowest BCUT2D eigenvalue weighted by Crippen LogP contribution is -2.49. The number of hydrogen-bond acceptors (Lipinski definition) is 4. The second-order valence-corrected chi connectivity index (χ2v) is 8.34. The number of nitrogens with zero attached hydrogens (tertiary/aromatic N) is 1. The topological polar surface area (TPSA) is 95.6 Å². The number of carbonyl (C=O) groups excluding carboxylic acids is 2. The molecule has 0 saturated carbocycles. The molecule has 1 aromatic rings. The summed E-state index contributed by atoms with van der Waals surface area (Å²) in [6.07, 6.45) is 0.780. The Morgan fingerprint density at radius 3 is 2.46 bits per heavy atom. The number of nitrogens with one attached hydrogen (secondary N) is 2. The van der Waals surface area contributed by atoms with Crippen LogP contribution in [-0.4, -0.2) is 49.7 Å².